The summed E-state index contributed by atoms with van der Waals surface area (Å²) in [5.41, 5.74) is 0. The van der Waals surface area contributed by atoms with E-state index < -0.39 is 0 Å². The Bertz CT molecular complexity index is 314. The fourth-order valence-electron chi connectivity index (χ4n) is 3.71. The quantitative estimate of drug-likeness (QED) is 0.153. The van der Waals surface area contributed by atoms with Crippen LogP contribution in [0.25, 0.3) is 0 Å². The van der Waals surface area contributed by atoms with Crippen molar-refractivity contribution in [3.05, 3.63) is 0 Å². The molecular formula is C26H54O5. The van der Waals surface area contributed by atoms with E-state index in [1.54, 1.807) is 0 Å². The Balaban J connectivity index is 3.69. The van der Waals surface area contributed by atoms with Crippen LogP contribution in [-0.4, -0.2) is 64.6 Å². The average molecular weight is 447 g/mol. The highest BCUT2D eigenvalue weighted by molar-refractivity contribution is 4.60. The van der Waals surface area contributed by atoms with Crippen LogP contribution in [0.2, 0.25) is 0 Å². The summed E-state index contributed by atoms with van der Waals surface area (Å²) < 4.78 is 22.1. The van der Waals surface area contributed by atoms with Gasteiger partial charge in [-0.25, -0.2) is 0 Å². The molecule has 5 nitrogen and oxygen atoms in total. The number of hydrogen-bond donors (Lipinski definition) is 1. The maximum atomic E-state index is 8.61. The van der Waals surface area contributed by atoms with E-state index >= 15 is 0 Å². The Morgan fingerprint density at radius 3 is 1.32 bits per heavy atom. The van der Waals surface area contributed by atoms with Gasteiger partial charge < -0.3 is 24.1 Å². The summed E-state index contributed by atoms with van der Waals surface area (Å²) in [6.07, 6.45) is 19.1. The summed E-state index contributed by atoms with van der Waals surface area (Å²) in [5, 5.41) is 8.61. The van der Waals surface area contributed by atoms with Crippen molar-refractivity contribution in [1.29, 1.82) is 0 Å². The maximum Gasteiger partial charge on any atom is 0.0701 e. The first-order valence-corrected chi connectivity index (χ1v) is 13.3. The van der Waals surface area contributed by atoms with Crippen LogP contribution in [0.4, 0.5) is 0 Å². The minimum Gasteiger partial charge on any atom is -0.394 e. The Morgan fingerprint density at radius 2 is 0.871 bits per heavy atom. The molecule has 1 N–H and O–H groups in total. The molecule has 0 spiro atoms. The highest BCUT2D eigenvalue weighted by Crippen LogP contribution is 2.19. The van der Waals surface area contributed by atoms with Gasteiger partial charge in [0.15, 0.2) is 0 Å². The zero-order valence-corrected chi connectivity index (χ0v) is 20.9. The lowest BCUT2D eigenvalue weighted by molar-refractivity contribution is -0.00976. The molecule has 0 bridgehead atoms. The van der Waals surface area contributed by atoms with Crippen LogP contribution < -0.4 is 0 Å². The Kier molecular flexibility index (Phi) is 27.7. The van der Waals surface area contributed by atoms with Crippen LogP contribution in [0.3, 0.4) is 0 Å². The molecule has 0 aliphatic carbocycles. The average Bonchev–Trinajstić information content (AvgIpc) is 2.78. The van der Waals surface area contributed by atoms with E-state index in [1.807, 2.05) is 0 Å². The van der Waals surface area contributed by atoms with Gasteiger partial charge in [0.2, 0.25) is 0 Å². The number of rotatable bonds is 27. The normalized spacial score (nSPS) is 12.5. The molecule has 0 aromatic carbocycles. The molecule has 0 saturated heterocycles. The molecule has 188 valence electrons. The van der Waals surface area contributed by atoms with Crippen LogP contribution in [0.5, 0.6) is 0 Å². The third-order valence-electron chi connectivity index (χ3n) is 5.64. The van der Waals surface area contributed by atoms with Crippen molar-refractivity contribution in [1.82, 2.24) is 0 Å². The molecule has 0 amide bonds. The third kappa shape index (κ3) is 25.9. The lowest BCUT2D eigenvalue weighted by Crippen LogP contribution is -2.15. The lowest BCUT2D eigenvalue weighted by atomic mass is 9.95. The summed E-state index contributed by atoms with van der Waals surface area (Å²) in [5.74, 6) is 0.708. The van der Waals surface area contributed by atoms with Gasteiger partial charge in [-0.3, -0.25) is 0 Å². The fraction of sp³-hybridized carbons (Fsp3) is 1.00. The van der Waals surface area contributed by atoms with E-state index in [0.29, 0.717) is 52.2 Å². The van der Waals surface area contributed by atoms with Crippen molar-refractivity contribution in [2.75, 3.05) is 59.5 Å². The molecular weight excluding hydrogens is 392 g/mol. The second kappa shape index (κ2) is 27.8. The van der Waals surface area contributed by atoms with Crippen LogP contribution in [-0.2, 0) is 18.9 Å². The van der Waals surface area contributed by atoms with Gasteiger partial charge in [0.25, 0.3) is 0 Å². The summed E-state index contributed by atoms with van der Waals surface area (Å²) in [7, 11) is 0. The molecule has 1 unspecified atom stereocenters. The first-order valence-electron chi connectivity index (χ1n) is 13.3. The molecule has 0 aliphatic rings. The van der Waals surface area contributed by atoms with Crippen molar-refractivity contribution in [3.8, 4) is 0 Å². The van der Waals surface area contributed by atoms with Gasteiger partial charge in [0, 0.05) is 6.61 Å². The van der Waals surface area contributed by atoms with Crippen molar-refractivity contribution in [3.63, 3.8) is 0 Å². The van der Waals surface area contributed by atoms with Gasteiger partial charge in [-0.1, -0.05) is 90.9 Å². The van der Waals surface area contributed by atoms with Gasteiger partial charge in [-0.15, -0.1) is 0 Å². The van der Waals surface area contributed by atoms with Crippen LogP contribution in [0.1, 0.15) is 104 Å². The fourth-order valence-corrected chi connectivity index (χ4v) is 3.71. The Labute approximate surface area is 193 Å². The summed E-state index contributed by atoms with van der Waals surface area (Å²) >= 11 is 0. The maximum absolute atomic E-state index is 8.61. The zero-order chi connectivity index (χ0) is 22.7. The number of unbranched alkanes of at least 4 members (excludes halogenated alkanes) is 10. The van der Waals surface area contributed by atoms with Crippen LogP contribution >= 0.6 is 0 Å². The highest BCUT2D eigenvalue weighted by Gasteiger charge is 2.09. The number of ether oxygens (including phenoxy) is 4. The SMILES string of the molecule is CCCCCCCCCC(CCCCCCC)COCCOCCOCCOCCO. The van der Waals surface area contributed by atoms with E-state index in [0.717, 1.165) is 6.61 Å². The van der Waals surface area contributed by atoms with Crippen LogP contribution in [0.15, 0.2) is 0 Å². The predicted molar refractivity (Wildman–Crippen MR) is 130 cm³/mol. The molecule has 0 rings (SSSR count). The van der Waals surface area contributed by atoms with Crippen LogP contribution in [0, 0.1) is 5.92 Å². The second-order valence-electron chi connectivity index (χ2n) is 8.61. The van der Waals surface area contributed by atoms with Gasteiger partial charge >= 0.3 is 0 Å². The summed E-state index contributed by atoms with van der Waals surface area (Å²) in [6, 6.07) is 0. The molecule has 0 aromatic rings. The van der Waals surface area contributed by atoms with Crippen molar-refractivity contribution < 1.29 is 24.1 Å². The Hall–Kier alpha value is -0.200. The van der Waals surface area contributed by atoms with Crippen molar-refractivity contribution >= 4 is 0 Å². The highest BCUT2D eigenvalue weighted by atomic mass is 16.6. The largest absolute Gasteiger partial charge is 0.394 e. The number of aliphatic hydroxyl groups is 1. The molecule has 0 fully saturated rings. The molecule has 0 saturated carbocycles. The first-order chi connectivity index (χ1) is 15.3. The van der Waals surface area contributed by atoms with Crippen molar-refractivity contribution in [2.24, 2.45) is 5.92 Å². The summed E-state index contributed by atoms with van der Waals surface area (Å²) in [4.78, 5) is 0. The minimum absolute atomic E-state index is 0.0574. The zero-order valence-electron chi connectivity index (χ0n) is 20.9. The van der Waals surface area contributed by atoms with E-state index in [-0.39, 0.29) is 6.61 Å². The van der Waals surface area contributed by atoms with E-state index in [2.05, 4.69) is 13.8 Å². The molecule has 5 heteroatoms. The molecule has 0 aromatic heterocycles. The monoisotopic (exact) mass is 446 g/mol. The van der Waals surface area contributed by atoms with Crippen molar-refractivity contribution in [2.45, 2.75) is 104 Å². The molecule has 0 aliphatic heterocycles. The minimum atomic E-state index is 0.0574. The third-order valence-corrected chi connectivity index (χ3v) is 5.64. The first kappa shape index (κ1) is 30.8. The number of hydrogen-bond acceptors (Lipinski definition) is 5. The van der Waals surface area contributed by atoms with E-state index in [1.165, 1.54) is 89.9 Å². The summed E-state index contributed by atoms with van der Waals surface area (Å²) in [6.45, 7) is 9.38. The molecule has 0 radical (unpaired) electrons. The van der Waals surface area contributed by atoms with Gasteiger partial charge in [-0.2, -0.15) is 0 Å². The molecule has 1 atom stereocenters. The number of aliphatic hydroxyl groups excluding tert-OH is 1. The topological polar surface area (TPSA) is 57.2 Å². The predicted octanol–water partition coefficient (Wildman–Crippen LogP) is 6.16. The van der Waals surface area contributed by atoms with E-state index in [9.17, 15) is 0 Å². The van der Waals surface area contributed by atoms with E-state index in [4.69, 9.17) is 24.1 Å². The second-order valence-corrected chi connectivity index (χ2v) is 8.61. The smallest absolute Gasteiger partial charge is 0.0701 e. The van der Waals surface area contributed by atoms with Gasteiger partial charge in [0.05, 0.1) is 52.9 Å². The Morgan fingerprint density at radius 1 is 0.484 bits per heavy atom. The molecule has 31 heavy (non-hydrogen) atoms. The lowest BCUT2D eigenvalue weighted by Gasteiger charge is -2.17. The molecule has 0 heterocycles. The van der Waals surface area contributed by atoms with Gasteiger partial charge in [0.1, 0.15) is 0 Å². The van der Waals surface area contributed by atoms with Gasteiger partial charge in [-0.05, 0) is 18.8 Å². The standard InChI is InChI=1S/C26H54O5/c1-3-5-7-9-10-12-14-16-26(15-13-11-8-6-4-2)25-31-24-23-30-22-21-29-20-19-28-18-17-27/h26-27H,3-25H2,1-2H3.